The summed E-state index contributed by atoms with van der Waals surface area (Å²) in [7, 11) is 1.90. The lowest BCUT2D eigenvalue weighted by atomic mass is 9.62. The number of hydrogen-bond acceptors (Lipinski definition) is 2. The molecule has 0 radical (unpaired) electrons. The number of aromatic nitrogens is 2. The summed E-state index contributed by atoms with van der Waals surface area (Å²) in [4.78, 5) is 0. The van der Waals surface area contributed by atoms with E-state index in [-0.39, 0.29) is 5.41 Å². The standard InChI is InChI=1S/C14H24N2O/c1-13(2,3)12-7-5-6-8-14(12,17)11-9-15-16(4)10-11/h9-10,12,17H,5-8H2,1-4H3. The monoisotopic (exact) mass is 236 g/mol. The lowest BCUT2D eigenvalue weighted by molar-refractivity contribution is -0.0959. The first-order valence-electron chi connectivity index (χ1n) is 6.55. The van der Waals surface area contributed by atoms with Crippen molar-refractivity contribution in [2.45, 2.75) is 52.1 Å². The van der Waals surface area contributed by atoms with Gasteiger partial charge in [0.15, 0.2) is 0 Å². The number of aryl methyl sites for hydroxylation is 1. The van der Waals surface area contributed by atoms with E-state index in [0.29, 0.717) is 5.92 Å². The molecule has 96 valence electrons. The van der Waals surface area contributed by atoms with Crippen molar-refractivity contribution in [2.75, 3.05) is 0 Å². The van der Waals surface area contributed by atoms with Crippen molar-refractivity contribution in [3.63, 3.8) is 0 Å². The third kappa shape index (κ3) is 2.25. The van der Waals surface area contributed by atoms with Gasteiger partial charge >= 0.3 is 0 Å². The smallest absolute Gasteiger partial charge is 0.0959 e. The number of aliphatic hydroxyl groups is 1. The maximum absolute atomic E-state index is 11.1. The Labute approximate surface area is 104 Å². The molecule has 2 rings (SSSR count). The molecule has 1 aliphatic carbocycles. The van der Waals surface area contributed by atoms with Gasteiger partial charge in [-0.3, -0.25) is 4.68 Å². The second kappa shape index (κ2) is 4.13. The van der Waals surface area contributed by atoms with Crippen molar-refractivity contribution in [1.82, 2.24) is 9.78 Å². The molecule has 1 saturated carbocycles. The van der Waals surface area contributed by atoms with E-state index in [1.54, 1.807) is 4.68 Å². The predicted octanol–water partition coefficient (Wildman–Crippen LogP) is 2.84. The first-order chi connectivity index (χ1) is 7.84. The van der Waals surface area contributed by atoms with E-state index in [2.05, 4.69) is 25.9 Å². The fraction of sp³-hybridized carbons (Fsp3) is 0.786. The fourth-order valence-corrected chi connectivity index (χ4v) is 3.30. The van der Waals surface area contributed by atoms with Crippen molar-refractivity contribution >= 4 is 0 Å². The van der Waals surface area contributed by atoms with Gasteiger partial charge in [-0.1, -0.05) is 33.6 Å². The SMILES string of the molecule is Cn1cc(C2(O)CCCCC2C(C)(C)C)cn1. The Morgan fingerprint density at radius 3 is 2.65 bits per heavy atom. The van der Waals surface area contributed by atoms with Crippen LogP contribution in [0.1, 0.15) is 52.0 Å². The maximum atomic E-state index is 11.1. The Kier molecular flexibility index (Phi) is 3.06. The molecule has 1 aromatic rings. The van der Waals surface area contributed by atoms with E-state index < -0.39 is 5.60 Å². The fourth-order valence-electron chi connectivity index (χ4n) is 3.30. The quantitative estimate of drug-likeness (QED) is 0.814. The van der Waals surface area contributed by atoms with Crippen LogP contribution in [0.3, 0.4) is 0 Å². The van der Waals surface area contributed by atoms with E-state index >= 15 is 0 Å². The summed E-state index contributed by atoms with van der Waals surface area (Å²) in [6.45, 7) is 6.68. The minimum Gasteiger partial charge on any atom is -0.385 e. The molecule has 1 N–H and O–H groups in total. The molecule has 1 heterocycles. The molecule has 2 atom stereocenters. The van der Waals surface area contributed by atoms with Gasteiger partial charge in [0, 0.05) is 18.8 Å². The topological polar surface area (TPSA) is 38.0 Å². The summed E-state index contributed by atoms with van der Waals surface area (Å²) in [6.07, 6.45) is 8.09. The van der Waals surface area contributed by atoms with Gasteiger partial charge in [-0.05, 0) is 24.2 Å². The summed E-state index contributed by atoms with van der Waals surface area (Å²) in [6, 6.07) is 0. The zero-order chi connectivity index (χ0) is 12.7. The van der Waals surface area contributed by atoms with E-state index in [1.165, 1.54) is 6.42 Å². The van der Waals surface area contributed by atoms with Crippen LogP contribution in [0.25, 0.3) is 0 Å². The minimum atomic E-state index is -0.690. The van der Waals surface area contributed by atoms with Crippen LogP contribution in [0.5, 0.6) is 0 Å². The summed E-state index contributed by atoms with van der Waals surface area (Å²) in [5.74, 6) is 0.313. The molecular formula is C14H24N2O. The summed E-state index contributed by atoms with van der Waals surface area (Å²) in [5.41, 5.74) is 0.426. The molecule has 0 aliphatic heterocycles. The Morgan fingerprint density at radius 1 is 1.41 bits per heavy atom. The summed E-state index contributed by atoms with van der Waals surface area (Å²) >= 11 is 0. The molecule has 0 bridgehead atoms. The number of hydrogen-bond donors (Lipinski definition) is 1. The van der Waals surface area contributed by atoms with Crippen LogP contribution in [0, 0.1) is 11.3 Å². The molecule has 0 amide bonds. The molecule has 0 aromatic carbocycles. The third-order valence-electron chi connectivity index (χ3n) is 4.13. The Hall–Kier alpha value is -0.830. The molecule has 0 saturated heterocycles. The lowest BCUT2D eigenvalue weighted by Gasteiger charge is -2.46. The minimum absolute atomic E-state index is 0.130. The first-order valence-corrected chi connectivity index (χ1v) is 6.55. The van der Waals surface area contributed by atoms with Crippen LogP contribution < -0.4 is 0 Å². The Balaban J connectivity index is 2.38. The van der Waals surface area contributed by atoms with Crippen LogP contribution in [0.15, 0.2) is 12.4 Å². The summed E-state index contributed by atoms with van der Waals surface area (Å²) < 4.78 is 1.78. The molecule has 17 heavy (non-hydrogen) atoms. The van der Waals surface area contributed by atoms with Crippen LogP contribution in [-0.2, 0) is 12.6 Å². The number of rotatable bonds is 1. The highest BCUT2D eigenvalue weighted by Crippen LogP contribution is 2.49. The van der Waals surface area contributed by atoms with Crippen LogP contribution >= 0.6 is 0 Å². The Morgan fingerprint density at radius 2 is 2.12 bits per heavy atom. The second-order valence-corrected chi connectivity index (χ2v) is 6.49. The van der Waals surface area contributed by atoms with E-state index in [9.17, 15) is 5.11 Å². The molecule has 3 nitrogen and oxygen atoms in total. The van der Waals surface area contributed by atoms with Gasteiger partial charge in [0.1, 0.15) is 0 Å². The molecule has 3 heteroatoms. The molecule has 1 fully saturated rings. The molecule has 1 aromatic heterocycles. The number of nitrogens with zero attached hydrogens (tertiary/aromatic N) is 2. The molecule has 0 spiro atoms. The van der Waals surface area contributed by atoms with Gasteiger partial charge in [0.25, 0.3) is 0 Å². The molecular weight excluding hydrogens is 212 g/mol. The van der Waals surface area contributed by atoms with Crippen LogP contribution in [-0.4, -0.2) is 14.9 Å². The third-order valence-corrected chi connectivity index (χ3v) is 4.13. The first kappa shape index (κ1) is 12.6. The second-order valence-electron chi connectivity index (χ2n) is 6.49. The molecule has 1 aliphatic rings. The van der Waals surface area contributed by atoms with Crippen molar-refractivity contribution in [2.24, 2.45) is 18.4 Å². The van der Waals surface area contributed by atoms with Crippen molar-refractivity contribution in [3.8, 4) is 0 Å². The largest absolute Gasteiger partial charge is 0.385 e. The zero-order valence-corrected chi connectivity index (χ0v) is 11.4. The van der Waals surface area contributed by atoms with Crippen molar-refractivity contribution < 1.29 is 5.11 Å². The van der Waals surface area contributed by atoms with Gasteiger partial charge in [0.05, 0.1) is 11.8 Å². The average Bonchev–Trinajstić information content (AvgIpc) is 2.64. The zero-order valence-electron chi connectivity index (χ0n) is 11.4. The average molecular weight is 236 g/mol. The highest BCUT2D eigenvalue weighted by molar-refractivity contribution is 5.19. The van der Waals surface area contributed by atoms with E-state index in [0.717, 1.165) is 24.8 Å². The van der Waals surface area contributed by atoms with E-state index in [4.69, 9.17) is 0 Å². The van der Waals surface area contributed by atoms with Gasteiger partial charge in [0.2, 0.25) is 0 Å². The van der Waals surface area contributed by atoms with Gasteiger partial charge < -0.3 is 5.11 Å². The normalized spacial score (nSPS) is 30.5. The maximum Gasteiger partial charge on any atom is 0.0959 e. The predicted molar refractivity (Wildman–Crippen MR) is 68.5 cm³/mol. The van der Waals surface area contributed by atoms with Crippen LogP contribution in [0.4, 0.5) is 0 Å². The van der Waals surface area contributed by atoms with Gasteiger partial charge in [-0.25, -0.2) is 0 Å². The van der Waals surface area contributed by atoms with Crippen molar-refractivity contribution in [3.05, 3.63) is 18.0 Å². The van der Waals surface area contributed by atoms with Crippen molar-refractivity contribution in [1.29, 1.82) is 0 Å². The highest BCUT2D eigenvalue weighted by atomic mass is 16.3. The van der Waals surface area contributed by atoms with Gasteiger partial charge in [-0.15, -0.1) is 0 Å². The summed E-state index contributed by atoms with van der Waals surface area (Å²) in [5, 5.41) is 15.3. The van der Waals surface area contributed by atoms with E-state index in [1.807, 2.05) is 19.4 Å². The Bertz CT molecular complexity index is 391. The van der Waals surface area contributed by atoms with Crippen LogP contribution in [0.2, 0.25) is 0 Å². The van der Waals surface area contributed by atoms with Gasteiger partial charge in [-0.2, -0.15) is 5.10 Å². The highest BCUT2D eigenvalue weighted by Gasteiger charge is 2.46. The molecule has 2 unspecified atom stereocenters. The lowest BCUT2D eigenvalue weighted by Crippen LogP contribution is -2.44.